The maximum atomic E-state index is 11.5. The average molecular weight is 206 g/mol. The summed E-state index contributed by atoms with van der Waals surface area (Å²) in [4.78, 5) is 0. The number of sulfonamides is 1. The molecule has 0 aromatic carbocycles. The molecule has 0 radical (unpaired) electrons. The van der Waals surface area contributed by atoms with E-state index in [4.69, 9.17) is 5.73 Å². The van der Waals surface area contributed by atoms with E-state index in [1.807, 2.05) is 13.8 Å². The molecule has 0 saturated carbocycles. The molecule has 1 aliphatic heterocycles. The molecule has 1 aliphatic rings. The van der Waals surface area contributed by atoms with E-state index >= 15 is 0 Å². The summed E-state index contributed by atoms with van der Waals surface area (Å²) in [5.41, 5.74) is 5.46. The lowest BCUT2D eigenvalue weighted by Crippen LogP contribution is -2.50. The van der Waals surface area contributed by atoms with E-state index in [1.54, 1.807) is 7.05 Å². The number of nitrogens with two attached hydrogens (primary N) is 1. The highest BCUT2D eigenvalue weighted by molar-refractivity contribution is 7.89. The van der Waals surface area contributed by atoms with Crippen LogP contribution in [0, 0.1) is 0 Å². The van der Waals surface area contributed by atoms with Crippen molar-refractivity contribution in [1.82, 2.24) is 4.31 Å². The van der Waals surface area contributed by atoms with Gasteiger partial charge in [0.15, 0.2) is 0 Å². The van der Waals surface area contributed by atoms with E-state index in [0.717, 1.165) is 12.8 Å². The van der Waals surface area contributed by atoms with Crippen molar-refractivity contribution in [1.29, 1.82) is 0 Å². The first-order chi connectivity index (χ1) is 5.84. The summed E-state index contributed by atoms with van der Waals surface area (Å²) in [6.45, 7) is 3.96. The fourth-order valence-electron chi connectivity index (χ4n) is 1.92. The van der Waals surface area contributed by atoms with Crippen molar-refractivity contribution in [3.05, 3.63) is 0 Å². The van der Waals surface area contributed by atoms with Crippen LogP contribution < -0.4 is 5.73 Å². The molecule has 78 valence electrons. The topological polar surface area (TPSA) is 63.4 Å². The van der Waals surface area contributed by atoms with Crippen LogP contribution in [0.15, 0.2) is 0 Å². The second kappa shape index (κ2) is 3.22. The van der Waals surface area contributed by atoms with Crippen LogP contribution in [-0.4, -0.2) is 37.1 Å². The molecule has 0 aliphatic carbocycles. The molecule has 2 unspecified atom stereocenters. The lowest BCUT2D eigenvalue weighted by molar-refractivity contribution is 0.217. The Balaban J connectivity index is 3.00. The molecule has 1 heterocycles. The number of likely N-dealkylation sites (N-methyl/N-ethyl adjacent to an activating group) is 1. The molecule has 0 amide bonds. The smallest absolute Gasteiger partial charge is 0.215 e. The van der Waals surface area contributed by atoms with E-state index in [-0.39, 0.29) is 17.3 Å². The van der Waals surface area contributed by atoms with Crippen molar-refractivity contribution in [2.24, 2.45) is 5.73 Å². The highest BCUT2D eigenvalue weighted by atomic mass is 32.2. The predicted molar refractivity (Wildman–Crippen MR) is 52.8 cm³/mol. The molecule has 1 rings (SSSR count). The second-order valence-electron chi connectivity index (χ2n) is 3.96. The van der Waals surface area contributed by atoms with Gasteiger partial charge < -0.3 is 5.73 Å². The second-order valence-corrected chi connectivity index (χ2v) is 6.00. The van der Waals surface area contributed by atoms with E-state index in [1.165, 1.54) is 4.31 Å². The predicted octanol–water partition coefficient (Wildman–Crippen LogP) is 0.148. The minimum absolute atomic E-state index is 0.0833. The largest absolute Gasteiger partial charge is 0.325 e. The van der Waals surface area contributed by atoms with Crippen LogP contribution >= 0.6 is 0 Å². The van der Waals surface area contributed by atoms with Crippen molar-refractivity contribution in [2.45, 2.75) is 38.3 Å². The zero-order valence-electron chi connectivity index (χ0n) is 8.45. The maximum Gasteiger partial charge on any atom is 0.215 e. The van der Waals surface area contributed by atoms with Gasteiger partial charge in [0.25, 0.3) is 0 Å². The van der Waals surface area contributed by atoms with E-state index < -0.39 is 10.0 Å². The first-order valence-corrected chi connectivity index (χ1v) is 6.18. The van der Waals surface area contributed by atoms with Crippen molar-refractivity contribution in [2.75, 3.05) is 12.8 Å². The molecule has 0 bridgehead atoms. The number of hydrogen-bond acceptors (Lipinski definition) is 3. The molecule has 2 atom stereocenters. The van der Waals surface area contributed by atoms with Crippen LogP contribution in [0.4, 0.5) is 0 Å². The van der Waals surface area contributed by atoms with E-state index in [2.05, 4.69) is 0 Å². The summed E-state index contributed by atoms with van der Waals surface area (Å²) in [5.74, 6) is 0.0833. The molecule has 2 N–H and O–H groups in total. The van der Waals surface area contributed by atoms with Gasteiger partial charge in [0.05, 0.1) is 5.75 Å². The van der Waals surface area contributed by atoms with Gasteiger partial charge in [-0.2, -0.15) is 4.31 Å². The Morgan fingerprint density at radius 1 is 1.62 bits per heavy atom. The number of rotatable bonds is 2. The van der Waals surface area contributed by atoms with Crippen LogP contribution in [0.1, 0.15) is 26.7 Å². The summed E-state index contributed by atoms with van der Waals surface area (Å²) in [6, 6.07) is -0.262. The zero-order valence-corrected chi connectivity index (χ0v) is 9.26. The van der Waals surface area contributed by atoms with Gasteiger partial charge >= 0.3 is 0 Å². The van der Waals surface area contributed by atoms with Gasteiger partial charge in [0.2, 0.25) is 10.0 Å². The molecule has 0 aromatic rings. The quantitative estimate of drug-likeness (QED) is 0.699. The Kier molecular flexibility index (Phi) is 2.71. The molecular formula is C8H18N2O2S. The van der Waals surface area contributed by atoms with Gasteiger partial charge in [0, 0.05) is 18.6 Å². The highest BCUT2D eigenvalue weighted by Crippen LogP contribution is 2.32. The Morgan fingerprint density at radius 2 is 2.15 bits per heavy atom. The lowest BCUT2D eigenvalue weighted by Gasteiger charge is -2.33. The van der Waals surface area contributed by atoms with Gasteiger partial charge in [-0.1, -0.05) is 13.3 Å². The lowest BCUT2D eigenvalue weighted by atomic mass is 9.89. The summed E-state index contributed by atoms with van der Waals surface area (Å²) >= 11 is 0. The molecule has 0 spiro atoms. The third-order valence-corrected chi connectivity index (χ3v) is 5.11. The fourth-order valence-corrected chi connectivity index (χ4v) is 3.82. The SMILES string of the molecule is CCCC1(C)C(N)CS(=O)(=O)N1C. The fraction of sp³-hybridized carbons (Fsp3) is 1.00. The maximum absolute atomic E-state index is 11.5. The molecule has 0 aromatic heterocycles. The van der Waals surface area contributed by atoms with Gasteiger partial charge in [-0.25, -0.2) is 8.42 Å². The van der Waals surface area contributed by atoms with Crippen LogP contribution in [0.25, 0.3) is 0 Å². The first kappa shape index (κ1) is 10.9. The van der Waals surface area contributed by atoms with Gasteiger partial charge in [-0.05, 0) is 13.3 Å². The molecular weight excluding hydrogens is 188 g/mol. The number of hydrogen-bond donors (Lipinski definition) is 1. The minimum atomic E-state index is -3.10. The van der Waals surface area contributed by atoms with Crippen molar-refractivity contribution in [3.63, 3.8) is 0 Å². The number of nitrogens with zero attached hydrogens (tertiary/aromatic N) is 1. The summed E-state index contributed by atoms with van der Waals surface area (Å²) < 4.78 is 24.5. The standard InChI is InChI=1S/C8H18N2O2S/c1-4-5-8(2)7(9)6-13(11,12)10(8)3/h7H,4-6,9H2,1-3H3. The monoisotopic (exact) mass is 206 g/mol. The van der Waals surface area contributed by atoms with Crippen molar-refractivity contribution in [3.8, 4) is 0 Å². The van der Waals surface area contributed by atoms with Crippen molar-refractivity contribution < 1.29 is 8.42 Å². The van der Waals surface area contributed by atoms with Crippen LogP contribution in [0.5, 0.6) is 0 Å². The molecule has 13 heavy (non-hydrogen) atoms. The molecule has 5 heteroatoms. The summed E-state index contributed by atoms with van der Waals surface area (Å²) in [7, 11) is -1.47. The third-order valence-electron chi connectivity index (χ3n) is 3.08. The highest BCUT2D eigenvalue weighted by Gasteiger charge is 2.49. The Hall–Kier alpha value is -0.130. The third kappa shape index (κ3) is 1.60. The van der Waals surface area contributed by atoms with E-state index in [0.29, 0.717) is 0 Å². The molecule has 1 fully saturated rings. The van der Waals surface area contributed by atoms with Crippen molar-refractivity contribution >= 4 is 10.0 Å². The van der Waals surface area contributed by atoms with Gasteiger partial charge in [-0.3, -0.25) is 0 Å². The van der Waals surface area contributed by atoms with Gasteiger partial charge in [0.1, 0.15) is 0 Å². The minimum Gasteiger partial charge on any atom is -0.325 e. The average Bonchev–Trinajstić information content (AvgIpc) is 2.14. The summed E-state index contributed by atoms with van der Waals surface area (Å²) in [6.07, 6.45) is 1.77. The van der Waals surface area contributed by atoms with E-state index in [9.17, 15) is 8.42 Å². The normalized spacial score (nSPS) is 39.5. The van der Waals surface area contributed by atoms with Crippen LogP contribution in [0.3, 0.4) is 0 Å². The van der Waals surface area contributed by atoms with Gasteiger partial charge in [-0.15, -0.1) is 0 Å². The Bertz CT molecular complexity index is 289. The molecule has 1 saturated heterocycles. The zero-order chi connectivity index (χ0) is 10.3. The Morgan fingerprint density at radius 3 is 2.46 bits per heavy atom. The molecule has 4 nitrogen and oxygen atoms in total. The van der Waals surface area contributed by atoms with Crippen LogP contribution in [0.2, 0.25) is 0 Å². The summed E-state index contributed by atoms with van der Waals surface area (Å²) in [5, 5.41) is 0. The Labute approximate surface area is 80.1 Å². The van der Waals surface area contributed by atoms with Crippen LogP contribution in [-0.2, 0) is 10.0 Å². The first-order valence-electron chi connectivity index (χ1n) is 4.57.